The fraction of sp³-hybridized carbons (Fsp3) is 0.294. The first-order valence-corrected chi connectivity index (χ1v) is 9.27. The van der Waals surface area contributed by atoms with Crippen LogP contribution >= 0.6 is 0 Å². The summed E-state index contributed by atoms with van der Waals surface area (Å²) >= 11 is 0. The second-order valence-electron chi connectivity index (χ2n) is 5.71. The van der Waals surface area contributed by atoms with Crippen LogP contribution in [0.15, 0.2) is 47.6 Å². The van der Waals surface area contributed by atoms with E-state index >= 15 is 0 Å². The zero-order valence-electron chi connectivity index (χ0n) is 13.4. The molecule has 0 radical (unpaired) electrons. The molecule has 2 heterocycles. The van der Waals surface area contributed by atoms with Crippen molar-refractivity contribution in [2.24, 2.45) is 0 Å². The molecule has 0 amide bonds. The molecule has 0 saturated heterocycles. The van der Waals surface area contributed by atoms with E-state index < -0.39 is 15.8 Å². The zero-order chi connectivity index (χ0) is 17.2. The van der Waals surface area contributed by atoms with Crippen molar-refractivity contribution in [3.05, 3.63) is 59.0 Å². The Morgan fingerprint density at radius 2 is 2.12 bits per heavy atom. The van der Waals surface area contributed by atoms with Gasteiger partial charge in [-0.3, -0.25) is 0 Å². The average molecular weight is 349 g/mol. The molecule has 1 aliphatic heterocycles. The summed E-state index contributed by atoms with van der Waals surface area (Å²) in [5.74, 6) is -0.446. The number of hydrogen-bond donors (Lipinski definition) is 2. The van der Waals surface area contributed by atoms with Crippen molar-refractivity contribution in [3.8, 4) is 11.3 Å². The van der Waals surface area contributed by atoms with Gasteiger partial charge in [-0.25, -0.2) is 16.8 Å². The maximum atomic E-state index is 14.2. The van der Waals surface area contributed by atoms with Gasteiger partial charge in [-0.15, -0.1) is 0 Å². The van der Waals surface area contributed by atoms with E-state index in [0.717, 1.165) is 18.5 Å². The SMILES string of the molecule is CNCc1cc(-c2ccccc2F)n(S(=O)(=O)C2=CNCCC2)c1. The molecule has 0 atom stereocenters. The lowest BCUT2D eigenvalue weighted by Gasteiger charge is -2.17. The molecule has 128 valence electrons. The number of hydrogen-bond acceptors (Lipinski definition) is 4. The number of rotatable bonds is 5. The van der Waals surface area contributed by atoms with E-state index in [1.165, 1.54) is 10.0 Å². The minimum absolute atomic E-state index is 0.271. The molecule has 1 aromatic heterocycles. The van der Waals surface area contributed by atoms with E-state index in [2.05, 4.69) is 10.6 Å². The molecule has 7 heteroatoms. The lowest BCUT2D eigenvalue weighted by Crippen LogP contribution is -2.22. The first-order valence-electron chi connectivity index (χ1n) is 7.83. The molecule has 0 spiro atoms. The van der Waals surface area contributed by atoms with E-state index in [4.69, 9.17) is 0 Å². The molecule has 5 nitrogen and oxygen atoms in total. The van der Waals surface area contributed by atoms with Crippen LogP contribution in [-0.2, 0) is 16.6 Å². The first kappa shape index (κ1) is 16.7. The Labute approximate surface area is 141 Å². The lowest BCUT2D eigenvalue weighted by molar-refractivity contribution is 0.586. The maximum absolute atomic E-state index is 14.2. The normalized spacial score (nSPS) is 15.0. The van der Waals surface area contributed by atoms with Crippen LogP contribution in [0.25, 0.3) is 11.3 Å². The smallest absolute Gasteiger partial charge is 0.265 e. The number of benzene rings is 1. The monoisotopic (exact) mass is 349 g/mol. The molecule has 24 heavy (non-hydrogen) atoms. The summed E-state index contributed by atoms with van der Waals surface area (Å²) in [5, 5.41) is 5.97. The van der Waals surface area contributed by atoms with Gasteiger partial charge in [0.25, 0.3) is 10.0 Å². The van der Waals surface area contributed by atoms with E-state index in [0.29, 0.717) is 23.6 Å². The Bertz CT molecular complexity index is 872. The molecule has 1 aromatic carbocycles. The van der Waals surface area contributed by atoms with Crippen molar-refractivity contribution in [2.75, 3.05) is 13.6 Å². The lowest BCUT2D eigenvalue weighted by atomic mass is 10.1. The van der Waals surface area contributed by atoms with Crippen LogP contribution in [-0.4, -0.2) is 26.0 Å². The standard InChI is InChI=1S/C17H20FN3O2S/c1-19-10-13-9-17(15-6-2-3-7-16(15)18)21(12-13)24(22,23)14-5-4-8-20-11-14/h2-3,6-7,9,11-12,19-20H,4-5,8,10H2,1H3. The molecule has 0 fully saturated rings. The van der Waals surface area contributed by atoms with E-state index in [-0.39, 0.29) is 5.56 Å². The topological polar surface area (TPSA) is 63.1 Å². The van der Waals surface area contributed by atoms with Gasteiger partial charge >= 0.3 is 0 Å². The Balaban J connectivity index is 2.16. The molecule has 2 N–H and O–H groups in total. The number of nitrogens with one attached hydrogen (secondary N) is 2. The molecule has 0 unspecified atom stereocenters. The zero-order valence-corrected chi connectivity index (χ0v) is 14.2. The van der Waals surface area contributed by atoms with Crippen LogP contribution in [0, 0.1) is 5.82 Å². The molecular weight excluding hydrogens is 329 g/mol. The third-order valence-electron chi connectivity index (χ3n) is 3.97. The predicted octanol–water partition coefficient (Wildman–Crippen LogP) is 2.42. The summed E-state index contributed by atoms with van der Waals surface area (Å²) in [4.78, 5) is 0.318. The third kappa shape index (κ3) is 3.09. The molecule has 0 aliphatic carbocycles. The average Bonchev–Trinajstić information content (AvgIpc) is 3.01. The second kappa shape index (κ2) is 6.78. The van der Waals surface area contributed by atoms with Crippen molar-refractivity contribution in [1.29, 1.82) is 0 Å². The van der Waals surface area contributed by atoms with Crippen molar-refractivity contribution in [2.45, 2.75) is 19.4 Å². The van der Waals surface area contributed by atoms with E-state index in [9.17, 15) is 12.8 Å². The molecule has 1 aliphatic rings. The van der Waals surface area contributed by atoms with Crippen LogP contribution in [0.2, 0.25) is 0 Å². The van der Waals surface area contributed by atoms with Crippen LogP contribution in [0.5, 0.6) is 0 Å². The summed E-state index contributed by atoms with van der Waals surface area (Å²) in [5.41, 5.74) is 1.39. The highest BCUT2D eigenvalue weighted by atomic mass is 32.2. The van der Waals surface area contributed by atoms with Gasteiger partial charge in [0.1, 0.15) is 5.82 Å². The molecule has 0 bridgehead atoms. The van der Waals surface area contributed by atoms with Crippen LogP contribution in [0.3, 0.4) is 0 Å². The highest BCUT2D eigenvalue weighted by Crippen LogP contribution is 2.30. The minimum Gasteiger partial charge on any atom is -0.390 e. The van der Waals surface area contributed by atoms with Crippen molar-refractivity contribution in [3.63, 3.8) is 0 Å². The fourth-order valence-electron chi connectivity index (χ4n) is 2.81. The van der Waals surface area contributed by atoms with Crippen LogP contribution < -0.4 is 10.6 Å². The van der Waals surface area contributed by atoms with E-state index in [1.54, 1.807) is 43.7 Å². The molecule has 3 rings (SSSR count). The van der Waals surface area contributed by atoms with Gasteiger partial charge in [-0.05, 0) is 43.7 Å². The van der Waals surface area contributed by atoms with E-state index in [1.807, 2.05) is 0 Å². The molecule has 0 saturated carbocycles. The van der Waals surface area contributed by atoms with Gasteiger partial charge in [0.15, 0.2) is 0 Å². The van der Waals surface area contributed by atoms with Crippen molar-refractivity contribution >= 4 is 10.0 Å². The largest absolute Gasteiger partial charge is 0.390 e. The van der Waals surface area contributed by atoms with Crippen molar-refractivity contribution < 1.29 is 12.8 Å². The van der Waals surface area contributed by atoms with Gasteiger partial charge in [0.05, 0.1) is 10.6 Å². The Morgan fingerprint density at radius 3 is 2.79 bits per heavy atom. The maximum Gasteiger partial charge on any atom is 0.265 e. The predicted molar refractivity (Wildman–Crippen MR) is 92.2 cm³/mol. The highest BCUT2D eigenvalue weighted by molar-refractivity contribution is 7.93. The first-order chi connectivity index (χ1) is 11.5. The molecule has 2 aromatic rings. The van der Waals surface area contributed by atoms with Crippen LogP contribution in [0.1, 0.15) is 18.4 Å². The fourth-order valence-corrected chi connectivity index (χ4v) is 4.39. The summed E-state index contributed by atoms with van der Waals surface area (Å²) in [6, 6.07) is 7.92. The highest BCUT2D eigenvalue weighted by Gasteiger charge is 2.26. The summed E-state index contributed by atoms with van der Waals surface area (Å²) in [7, 11) is -1.95. The Hall–Kier alpha value is -2.12. The summed E-state index contributed by atoms with van der Waals surface area (Å²) < 4.78 is 41.5. The van der Waals surface area contributed by atoms with Gasteiger partial charge in [0, 0.05) is 31.0 Å². The van der Waals surface area contributed by atoms with Crippen molar-refractivity contribution in [1.82, 2.24) is 14.6 Å². The van der Waals surface area contributed by atoms with Gasteiger partial charge in [-0.2, -0.15) is 0 Å². The number of aromatic nitrogens is 1. The Kier molecular flexibility index (Phi) is 4.73. The van der Waals surface area contributed by atoms with Gasteiger partial charge in [0.2, 0.25) is 0 Å². The van der Waals surface area contributed by atoms with Gasteiger partial charge < -0.3 is 10.6 Å². The third-order valence-corrected chi connectivity index (χ3v) is 5.78. The second-order valence-corrected chi connectivity index (χ2v) is 7.58. The quantitative estimate of drug-likeness (QED) is 0.870. The number of allylic oxidation sites excluding steroid dienone is 1. The van der Waals surface area contributed by atoms with Gasteiger partial charge in [-0.1, -0.05) is 12.1 Å². The minimum atomic E-state index is -3.73. The Morgan fingerprint density at radius 1 is 1.33 bits per heavy atom. The van der Waals surface area contributed by atoms with Crippen LogP contribution in [0.4, 0.5) is 4.39 Å². The summed E-state index contributed by atoms with van der Waals surface area (Å²) in [6.45, 7) is 1.26. The molecular formula is C17H20FN3O2S. The number of nitrogens with zero attached hydrogens (tertiary/aromatic N) is 1. The number of halogens is 1. The summed E-state index contributed by atoms with van der Waals surface area (Å²) in [6.07, 6.45) is 4.33.